The van der Waals surface area contributed by atoms with Gasteiger partial charge in [0, 0.05) is 18.3 Å². The minimum Gasteiger partial charge on any atom is -0.307 e. The number of anilines is 1. The molecule has 0 aliphatic heterocycles. The van der Waals surface area contributed by atoms with Crippen LogP contribution in [0.25, 0.3) is 5.69 Å². The van der Waals surface area contributed by atoms with Gasteiger partial charge in [0.25, 0.3) is 11.5 Å². The lowest BCUT2D eigenvalue weighted by Gasteiger charge is -2.20. The van der Waals surface area contributed by atoms with Crippen LogP contribution in [0.3, 0.4) is 0 Å². The Bertz CT molecular complexity index is 889. The fourth-order valence-corrected chi connectivity index (χ4v) is 2.47. The number of hydrogen-bond donors (Lipinski definition) is 0. The second-order valence-corrected chi connectivity index (χ2v) is 5.19. The Kier molecular flexibility index (Phi) is 4.52. The molecule has 5 nitrogen and oxygen atoms in total. The quantitative estimate of drug-likeness (QED) is 0.743. The average Bonchev–Trinajstić information content (AvgIpc) is 2.64. The van der Waals surface area contributed by atoms with Crippen LogP contribution in [-0.2, 0) is 0 Å². The topological polar surface area (TPSA) is 55.2 Å². The lowest BCUT2D eigenvalue weighted by molar-refractivity contribution is 0.0982. The SMILES string of the molecule is CCN(C(=O)c1ccc(=O)n(-c2ccccc2)n1)c1ccccc1. The maximum atomic E-state index is 12.8. The summed E-state index contributed by atoms with van der Waals surface area (Å²) < 4.78 is 1.24. The third-order valence-electron chi connectivity index (χ3n) is 3.65. The molecule has 0 saturated carbocycles. The fourth-order valence-electron chi connectivity index (χ4n) is 2.47. The van der Waals surface area contributed by atoms with Gasteiger partial charge in [-0.05, 0) is 37.3 Å². The smallest absolute Gasteiger partial charge is 0.278 e. The summed E-state index contributed by atoms with van der Waals surface area (Å²) in [4.78, 5) is 26.5. The highest BCUT2D eigenvalue weighted by Gasteiger charge is 2.18. The van der Waals surface area contributed by atoms with E-state index in [4.69, 9.17) is 0 Å². The van der Waals surface area contributed by atoms with E-state index in [1.807, 2.05) is 55.5 Å². The second-order valence-electron chi connectivity index (χ2n) is 5.19. The third-order valence-corrected chi connectivity index (χ3v) is 3.65. The van der Waals surface area contributed by atoms with Gasteiger partial charge in [-0.1, -0.05) is 36.4 Å². The molecule has 0 spiro atoms. The molecule has 24 heavy (non-hydrogen) atoms. The number of carbonyl (C=O) groups is 1. The summed E-state index contributed by atoms with van der Waals surface area (Å²) in [5.41, 5.74) is 1.37. The molecule has 0 N–H and O–H groups in total. The number of hydrogen-bond acceptors (Lipinski definition) is 3. The Morgan fingerprint density at radius 3 is 2.21 bits per heavy atom. The molecule has 0 fully saturated rings. The maximum Gasteiger partial charge on any atom is 0.278 e. The Hall–Kier alpha value is -3.21. The highest BCUT2D eigenvalue weighted by molar-refractivity contribution is 6.04. The lowest BCUT2D eigenvalue weighted by atomic mass is 10.2. The Morgan fingerprint density at radius 2 is 1.58 bits per heavy atom. The van der Waals surface area contributed by atoms with E-state index >= 15 is 0 Å². The molecule has 0 aliphatic carbocycles. The van der Waals surface area contributed by atoms with Crippen molar-refractivity contribution in [3.8, 4) is 5.69 Å². The van der Waals surface area contributed by atoms with Gasteiger partial charge in [0.2, 0.25) is 0 Å². The molecule has 0 unspecified atom stereocenters. The first-order valence-corrected chi connectivity index (χ1v) is 7.73. The minimum absolute atomic E-state index is 0.226. The van der Waals surface area contributed by atoms with Crippen molar-refractivity contribution >= 4 is 11.6 Å². The predicted octanol–water partition coefficient (Wildman–Crippen LogP) is 2.90. The monoisotopic (exact) mass is 319 g/mol. The highest BCUT2D eigenvalue weighted by atomic mass is 16.2. The molecule has 0 bridgehead atoms. The van der Waals surface area contributed by atoms with Gasteiger partial charge in [0.15, 0.2) is 0 Å². The minimum atomic E-state index is -0.277. The van der Waals surface area contributed by atoms with Crippen molar-refractivity contribution < 1.29 is 4.79 Å². The van der Waals surface area contributed by atoms with Gasteiger partial charge in [0.1, 0.15) is 5.69 Å². The molecular weight excluding hydrogens is 302 g/mol. The van der Waals surface area contributed by atoms with Crippen molar-refractivity contribution in [1.29, 1.82) is 0 Å². The van der Waals surface area contributed by atoms with Crippen LogP contribution in [0.15, 0.2) is 77.6 Å². The zero-order valence-corrected chi connectivity index (χ0v) is 13.3. The summed E-state index contributed by atoms with van der Waals surface area (Å²) >= 11 is 0. The van der Waals surface area contributed by atoms with E-state index in [2.05, 4.69) is 5.10 Å². The van der Waals surface area contributed by atoms with Gasteiger partial charge in [-0.2, -0.15) is 9.78 Å². The van der Waals surface area contributed by atoms with Crippen LogP contribution in [0.4, 0.5) is 5.69 Å². The van der Waals surface area contributed by atoms with E-state index in [1.54, 1.807) is 17.0 Å². The van der Waals surface area contributed by atoms with Gasteiger partial charge >= 0.3 is 0 Å². The van der Waals surface area contributed by atoms with Crippen LogP contribution < -0.4 is 10.5 Å². The molecule has 3 rings (SSSR count). The molecule has 0 atom stereocenters. The van der Waals surface area contributed by atoms with Gasteiger partial charge in [0.05, 0.1) is 5.69 Å². The van der Waals surface area contributed by atoms with Crippen LogP contribution in [0.2, 0.25) is 0 Å². The summed E-state index contributed by atoms with van der Waals surface area (Å²) in [6, 6.07) is 21.3. The first-order chi connectivity index (χ1) is 11.7. The molecule has 1 aromatic heterocycles. The van der Waals surface area contributed by atoms with Crippen LogP contribution in [0, 0.1) is 0 Å². The van der Waals surface area contributed by atoms with E-state index in [9.17, 15) is 9.59 Å². The molecule has 1 heterocycles. The molecule has 3 aromatic rings. The number of benzene rings is 2. The second kappa shape index (κ2) is 6.91. The summed E-state index contributed by atoms with van der Waals surface area (Å²) in [5.74, 6) is -0.242. The number of carbonyl (C=O) groups excluding carboxylic acids is 1. The Morgan fingerprint density at radius 1 is 0.958 bits per heavy atom. The van der Waals surface area contributed by atoms with E-state index in [0.717, 1.165) is 5.69 Å². The van der Waals surface area contributed by atoms with Crippen molar-refractivity contribution in [2.45, 2.75) is 6.92 Å². The number of amides is 1. The number of nitrogens with zero attached hydrogens (tertiary/aromatic N) is 3. The van der Waals surface area contributed by atoms with Crippen molar-refractivity contribution in [3.05, 3.63) is 88.8 Å². The number of para-hydroxylation sites is 2. The van der Waals surface area contributed by atoms with Gasteiger partial charge in [-0.25, -0.2) is 0 Å². The summed E-state index contributed by atoms with van der Waals surface area (Å²) in [6.07, 6.45) is 0. The van der Waals surface area contributed by atoms with Crippen LogP contribution >= 0.6 is 0 Å². The van der Waals surface area contributed by atoms with Gasteiger partial charge in [-0.15, -0.1) is 0 Å². The molecule has 2 aromatic carbocycles. The average molecular weight is 319 g/mol. The van der Waals surface area contributed by atoms with Gasteiger partial charge < -0.3 is 4.90 Å². The highest BCUT2D eigenvalue weighted by Crippen LogP contribution is 2.15. The molecule has 0 radical (unpaired) electrons. The summed E-state index contributed by atoms with van der Waals surface area (Å²) in [6.45, 7) is 2.41. The van der Waals surface area contributed by atoms with E-state index in [0.29, 0.717) is 12.2 Å². The van der Waals surface area contributed by atoms with E-state index in [1.165, 1.54) is 16.8 Å². The van der Waals surface area contributed by atoms with Gasteiger partial charge in [-0.3, -0.25) is 9.59 Å². The molecule has 5 heteroatoms. The Labute approximate surface area is 139 Å². The molecule has 0 saturated heterocycles. The molecule has 120 valence electrons. The zero-order valence-electron chi connectivity index (χ0n) is 13.3. The third kappa shape index (κ3) is 3.10. The van der Waals surface area contributed by atoms with E-state index in [-0.39, 0.29) is 17.2 Å². The first kappa shape index (κ1) is 15.7. The lowest BCUT2D eigenvalue weighted by Crippen LogP contribution is -2.33. The summed E-state index contributed by atoms with van der Waals surface area (Å²) in [7, 11) is 0. The predicted molar refractivity (Wildman–Crippen MR) is 93.6 cm³/mol. The number of aromatic nitrogens is 2. The van der Waals surface area contributed by atoms with Crippen molar-refractivity contribution in [1.82, 2.24) is 9.78 Å². The molecule has 1 amide bonds. The maximum absolute atomic E-state index is 12.8. The van der Waals surface area contributed by atoms with Crippen LogP contribution in [0.1, 0.15) is 17.4 Å². The van der Waals surface area contributed by atoms with Crippen molar-refractivity contribution in [3.63, 3.8) is 0 Å². The standard InChI is InChI=1S/C19H17N3O2/c1-2-21(15-9-5-3-6-10-15)19(24)17-13-14-18(23)22(20-17)16-11-7-4-8-12-16/h3-14H,2H2,1H3. The van der Waals surface area contributed by atoms with E-state index < -0.39 is 0 Å². The van der Waals surface area contributed by atoms with Crippen molar-refractivity contribution in [2.24, 2.45) is 0 Å². The van der Waals surface area contributed by atoms with Crippen LogP contribution in [0.5, 0.6) is 0 Å². The largest absolute Gasteiger partial charge is 0.307 e. The van der Waals surface area contributed by atoms with Crippen molar-refractivity contribution in [2.75, 3.05) is 11.4 Å². The van der Waals surface area contributed by atoms with Crippen LogP contribution in [-0.4, -0.2) is 22.2 Å². The number of rotatable bonds is 4. The molecule has 0 aliphatic rings. The normalized spacial score (nSPS) is 10.4. The fraction of sp³-hybridized carbons (Fsp3) is 0.105. The zero-order chi connectivity index (χ0) is 16.9. The Balaban J connectivity index is 2.00. The first-order valence-electron chi connectivity index (χ1n) is 7.73. The molecular formula is C19H17N3O2. The summed E-state index contributed by atoms with van der Waals surface area (Å²) in [5, 5.41) is 4.25.